The number of amides is 2. The van der Waals surface area contributed by atoms with Crippen LogP contribution in [-0.2, 0) is 15.0 Å². The molecule has 1 aromatic heterocycles. The number of hydrogen-bond acceptors (Lipinski definition) is 5. The number of fused-ring (bicyclic) bond motifs is 2. The molecule has 8 nitrogen and oxygen atoms in total. The molecule has 0 bridgehead atoms. The van der Waals surface area contributed by atoms with Gasteiger partial charge in [-0.05, 0) is 67.8 Å². The number of benzene rings is 1. The second-order valence-electron chi connectivity index (χ2n) is 10.7. The lowest BCUT2D eigenvalue weighted by molar-refractivity contribution is -0.192. The largest absolute Gasteiger partial charge is 0.490 e. The van der Waals surface area contributed by atoms with Gasteiger partial charge in [-0.15, -0.1) is 0 Å². The highest BCUT2D eigenvalue weighted by Crippen LogP contribution is 2.52. The molecule has 2 aromatic rings. The van der Waals surface area contributed by atoms with Crippen molar-refractivity contribution in [2.45, 2.75) is 50.1 Å². The number of nitrogens with zero attached hydrogens (tertiary/aromatic N) is 3. The molecule has 1 aromatic carbocycles. The number of likely N-dealkylation sites (N-methyl/N-ethyl adjacent to an activating group) is 1. The predicted octanol–water partition coefficient (Wildman–Crippen LogP) is 4.05. The van der Waals surface area contributed by atoms with Crippen LogP contribution in [0.25, 0.3) is 0 Å². The molecule has 39 heavy (non-hydrogen) atoms. The van der Waals surface area contributed by atoms with Crippen LogP contribution in [0, 0.1) is 6.92 Å². The maximum atomic E-state index is 13.1. The van der Waals surface area contributed by atoms with Gasteiger partial charge in [0.15, 0.2) is 5.76 Å². The van der Waals surface area contributed by atoms with Gasteiger partial charge >= 0.3 is 12.1 Å². The van der Waals surface area contributed by atoms with Gasteiger partial charge in [-0.1, -0.05) is 24.3 Å². The summed E-state index contributed by atoms with van der Waals surface area (Å²) < 4.78 is 37.3. The Bertz CT molecular complexity index is 1200. The van der Waals surface area contributed by atoms with E-state index in [4.69, 9.17) is 14.3 Å². The minimum Gasteiger partial charge on any atom is -0.475 e. The van der Waals surface area contributed by atoms with E-state index in [2.05, 4.69) is 36.2 Å². The van der Waals surface area contributed by atoms with E-state index in [1.54, 1.807) is 6.07 Å². The van der Waals surface area contributed by atoms with Gasteiger partial charge in [-0.2, -0.15) is 13.2 Å². The number of aliphatic carboxylic acids is 1. The van der Waals surface area contributed by atoms with Gasteiger partial charge in [0, 0.05) is 45.7 Å². The summed E-state index contributed by atoms with van der Waals surface area (Å²) in [6.45, 7) is 6.89. The lowest BCUT2D eigenvalue weighted by Crippen LogP contribution is -2.47. The minimum absolute atomic E-state index is 0.0129. The number of carbonyl (C=O) groups is 3. The number of halogens is 3. The Kier molecular flexibility index (Phi) is 8.39. The Labute approximate surface area is 225 Å². The summed E-state index contributed by atoms with van der Waals surface area (Å²) in [4.78, 5) is 41.1. The van der Waals surface area contributed by atoms with Gasteiger partial charge in [0.05, 0.1) is 0 Å². The maximum absolute atomic E-state index is 13.1. The van der Waals surface area contributed by atoms with Gasteiger partial charge in [-0.25, -0.2) is 4.79 Å². The number of piperidine rings is 1. The van der Waals surface area contributed by atoms with Crippen LogP contribution >= 0.6 is 0 Å². The highest BCUT2D eigenvalue weighted by atomic mass is 19.4. The van der Waals surface area contributed by atoms with E-state index >= 15 is 0 Å². The number of carbonyl (C=O) groups excluding carboxylic acids is 2. The van der Waals surface area contributed by atoms with Crippen molar-refractivity contribution < 1.29 is 37.1 Å². The van der Waals surface area contributed by atoms with Gasteiger partial charge in [0.25, 0.3) is 5.91 Å². The Morgan fingerprint density at radius 2 is 1.59 bits per heavy atom. The predicted molar refractivity (Wildman–Crippen MR) is 136 cm³/mol. The first kappa shape index (κ1) is 28.7. The van der Waals surface area contributed by atoms with Crippen molar-refractivity contribution in [3.05, 3.63) is 59.0 Å². The molecule has 1 N–H and O–H groups in total. The van der Waals surface area contributed by atoms with Gasteiger partial charge in [-0.3, -0.25) is 9.59 Å². The summed E-state index contributed by atoms with van der Waals surface area (Å²) >= 11 is 0. The van der Waals surface area contributed by atoms with Crippen LogP contribution in [0.15, 0.2) is 40.8 Å². The molecule has 3 aliphatic rings. The number of rotatable bonds is 3. The van der Waals surface area contributed by atoms with Crippen LogP contribution in [0.2, 0.25) is 0 Å². The normalized spacial score (nSPS) is 20.8. The van der Waals surface area contributed by atoms with Crippen molar-refractivity contribution in [2.24, 2.45) is 0 Å². The highest BCUT2D eigenvalue weighted by molar-refractivity contribution is 5.91. The molecule has 5 rings (SSSR count). The minimum atomic E-state index is -5.08. The van der Waals surface area contributed by atoms with E-state index in [0.29, 0.717) is 12.2 Å². The zero-order valence-electron chi connectivity index (χ0n) is 22.2. The second-order valence-corrected chi connectivity index (χ2v) is 10.7. The van der Waals surface area contributed by atoms with Crippen LogP contribution in [0.3, 0.4) is 0 Å². The Morgan fingerprint density at radius 1 is 0.974 bits per heavy atom. The highest BCUT2D eigenvalue weighted by Gasteiger charge is 2.46. The standard InChI is InChI=1S/C26H33N3O3.C2HF3O2/c1-19-7-8-23(32-19)25(31)29-11-9-26(10-12-29)18-20(21-5-3-4-6-22(21)26)17-24(30)28-15-13-27(2)14-16-28;3-2(4,5)1(6)7/h3-8,20H,9-18H2,1-2H3;(H,6,7). The molecule has 1 atom stereocenters. The average molecular weight is 550 g/mol. The molecular weight excluding hydrogens is 515 g/mol. The molecule has 2 aliphatic heterocycles. The Hall–Kier alpha value is -3.34. The molecule has 212 valence electrons. The van der Waals surface area contributed by atoms with Crippen molar-refractivity contribution in [1.29, 1.82) is 0 Å². The monoisotopic (exact) mass is 549 g/mol. The molecule has 3 heterocycles. The van der Waals surface area contributed by atoms with Crippen molar-refractivity contribution in [2.75, 3.05) is 46.3 Å². The first-order chi connectivity index (χ1) is 18.4. The van der Waals surface area contributed by atoms with Gasteiger partial charge in [0.2, 0.25) is 5.91 Å². The fourth-order valence-corrected chi connectivity index (χ4v) is 5.92. The molecule has 0 radical (unpaired) electrons. The maximum Gasteiger partial charge on any atom is 0.490 e. The summed E-state index contributed by atoms with van der Waals surface area (Å²) in [5.74, 6) is -1.02. The first-order valence-corrected chi connectivity index (χ1v) is 13.1. The number of hydrogen-bond donors (Lipinski definition) is 1. The van der Waals surface area contributed by atoms with E-state index in [-0.39, 0.29) is 23.1 Å². The quantitative estimate of drug-likeness (QED) is 0.621. The number of piperazine rings is 1. The molecule has 2 fully saturated rings. The topological polar surface area (TPSA) is 94.3 Å². The van der Waals surface area contributed by atoms with E-state index in [9.17, 15) is 22.8 Å². The number of alkyl halides is 3. The third kappa shape index (κ3) is 6.46. The van der Waals surface area contributed by atoms with Crippen molar-refractivity contribution >= 4 is 17.8 Å². The summed E-state index contributed by atoms with van der Waals surface area (Å²) in [5, 5.41) is 7.12. The number of carboxylic acid groups (broad SMARTS) is 1. The smallest absolute Gasteiger partial charge is 0.475 e. The molecule has 1 spiro atoms. The zero-order chi connectivity index (χ0) is 28.4. The van der Waals surface area contributed by atoms with Crippen molar-refractivity contribution in [1.82, 2.24) is 14.7 Å². The van der Waals surface area contributed by atoms with E-state index in [0.717, 1.165) is 64.3 Å². The van der Waals surface area contributed by atoms with Gasteiger partial charge in [0.1, 0.15) is 5.76 Å². The Balaban J connectivity index is 0.000000448. The van der Waals surface area contributed by atoms with Crippen LogP contribution < -0.4 is 0 Å². The lowest BCUT2D eigenvalue weighted by Gasteiger charge is -2.40. The van der Waals surface area contributed by atoms with Crippen LogP contribution in [-0.4, -0.2) is 90.1 Å². The van der Waals surface area contributed by atoms with E-state index in [1.165, 1.54) is 11.1 Å². The molecule has 11 heteroatoms. The molecule has 1 aliphatic carbocycles. The molecule has 0 saturated carbocycles. The third-order valence-electron chi connectivity index (χ3n) is 8.09. The number of furan rings is 1. The molecule has 2 amide bonds. The fraction of sp³-hybridized carbons (Fsp3) is 0.536. The number of carboxylic acids is 1. The summed E-state index contributed by atoms with van der Waals surface area (Å²) in [6.07, 6.45) is -1.60. The second kappa shape index (κ2) is 11.4. The molecule has 1 unspecified atom stereocenters. The lowest BCUT2D eigenvalue weighted by atomic mass is 9.73. The van der Waals surface area contributed by atoms with Gasteiger partial charge < -0.3 is 24.2 Å². The first-order valence-electron chi connectivity index (χ1n) is 13.1. The van der Waals surface area contributed by atoms with Crippen LogP contribution in [0.4, 0.5) is 13.2 Å². The van der Waals surface area contributed by atoms with E-state index < -0.39 is 12.1 Å². The zero-order valence-corrected chi connectivity index (χ0v) is 22.2. The fourth-order valence-electron chi connectivity index (χ4n) is 5.92. The van der Waals surface area contributed by atoms with Crippen molar-refractivity contribution in [3.8, 4) is 0 Å². The summed E-state index contributed by atoms with van der Waals surface area (Å²) in [6, 6.07) is 12.3. The van der Waals surface area contributed by atoms with Crippen LogP contribution in [0.5, 0.6) is 0 Å². The molecular formula is C28H34F3N3O5. The third-order valence-corrected chi connectivity index (χ3v) is 8.09. The van der Waals surface area contributed by atoms with Crippen LogP contribution in [0.1, 0.15) is 59.0 Å². The Morgan fingerprint density at radius 3 is 2.15 bits per heavy atom. The van der Waals surface area contributed by atoms with Crippen molar-refractivity contribution in [3.63, 3.8) is 0 Å². The molecule has 2 saturated heterocycles. The SMILES string of the molecule is Cc1ccc(C(=O)N2CCC3(CC2)CC(CC(=O)N2CCN(C)CC2)c2ccccc23)o1.O=C(O)C(F)(F)F. The number of likely N-dealkylation sites (tertiary alicyclic amines) is 1. The summed E-state index contributed by atoms with van der Waals surface area (Å²) in [5.41, 5.74) is 2.81. The average Bonchev–Trinajstić information content (AvgIpc) is 3.46. The summed E-state index contributed by atoms with van der Waals surface area (Å²) in [7, 11) is 2.11. The number of aryl methyl sites for hydroxylation is 1. The van der Waals surface area contributed by atoms with E-state index in [1.807, 2.05) is 22.8 Å².